The Morgan fingerprint density at radius 3 is 2.40 bits per heavy atom. The van der Waals surface area contributed by atoms with E-state index < -0.39 is 28.3 Å². The van der Waals surface area contributed by atoms with Crippen LogP contribution in [0.5, 0.6) is 0 Å². The highest BCUT2D eigenvalue weighted by atomic mass is 32.2. The number of benzene rings is 2. The van der Waals surface area contributed by atoms with Crippen LogP contribution in [0, 0.1) is 5.82 Å². The largest absolute Gasteiger partial charge is 0.372 e. The first kappa shape index (κ1) is 17.7. The Labute approximate surface area is 147 Å². The average Bonchev–Trinajstić information content (AvgIpc) is 2.78. The topological polar surface area (TPSA) is 78.4 Å². The zero-order valence-corrected chi connectivity index (χ0v) is 14.9. The summed E-state index contributed by atoms with van der Waals surface area (Å²) in [4.78, 5) is 12.8. The third-order valence-electron chi connectivity index (χ3n) is 3.83. The molecule has 0 saturated carbocycles. The highest BCUT2D eigenvalue weighted by Crippen LogP contribution is 2.41. The molecule has 3 N–H and O–H groups in total. The summed E-state index contributed by atoms with van der Waals surface area (Å²) in [7, 11) is -1.43. The molecule has 0 spiro atoms. The Kier molecular flexibility index (Phi) is 4.26. The predicted octanol–water partition coefficient (Wildman–Crippen LogP) is 2.42. The summed E-state index contributed by atoms with van der Waals surface area (Å²) < 4.78 is 28.8. The van der Waals surface area contributed by atoms with Gasteiger partial charge in [-0.25, -0.2) is 13.3 Å². The maximum atomic E-state index is 13.6. The van der Waals surface area contributed by atoms with E-state index in [1.165, 1.54) is 24.3 Å². The Hall–Kier alpha value is -2.09. The number of carbonyl (C=O) groups is 1. The van der Waals surface area contributed by atoms with Gasteiger partial charge in [-0.2, -0.15) is 0 Å². The molecule has 0 bridgehead atoms. The van der Waals surface area contributed by atoms with Crippen molar-refractivity contribution in [3.8, 4) is 0 Å². The minimum atomic E-state index is -1.98. The fourth-order valence-corrected chi connectivity index (χ4v) is 3.76. The first-order chi connectivity index (χ1) is 11.6. The molecule has 1 aliphatic rings. The Morgan fingerprint density at radius 2 is 1.80 bits per heavy atom. The molecule has 5 nitrogen and oxygen atoms in total. The van der Waals surface area contributed by atoms with E-state index in [0.29, 0.717) is 10.6 Å². The third-order valence-corrected chi connectivity index (χ3v) is 5.33. The zero-order valence-electron chi connectivity index (χ0n) is 14.1. The van der Waals surface area contributed by atoms with E-state index in [9.17, 15) is 18.5 Å². The van der Waals surface area contributed by atoms with Gasteiger partial charge in [0.25, 0.3) is 5.91 Å². The van der Waals surface area contributed by atoms with Crippen molar-refractivity contribution in [1.82, 2.24) is 4.72 Å². The second-order valence-electron chi connectivity index (χ2n) is 7.00. The van der Waals surface area contributed by atoms with Gasteiger partial charge in [-0.15, -0.1) is 0 Å². The van der Waals surface area contributed by atoms with Gasteiger partial charge in [-0.3, -0.25) is 4.79 Å². The lowest BCUT2D eigenvalue weighted by Gasteiger charge is -2.22. The molecule has 2 atom stereocenters. The van der Waals surface area contributed by atoms with Crippen molar-refractivity contribution in [3.05, 3.63) is 59.4 Å². The van der Waals surface area contributed by atoms with Crippen LogP contribution >= 0.6 is 0 Å². The average molecular weight is 362 g/mol. The van der Waals surface area contributed by atoms with E-state index in [0.717, 1.165) is 6.07 Å². The smallest absolute Gasteiger partial charge is 0.265 e. The van der Waals surface area contributed by atoms with Crippen LogP contribution in [0.2, 0.25) is 0 Å². The van der Waals surface area contributed by atoms with Crippen LogP contribution in [-0.2, 0) is 21.4 Å². The van der Waals surface area contributed by atoms with Crippen molar-refractivity contribution in [2.75, 3.05) is 5.32 Å². The number of nitrogens with one attached hydrogen (secondary N) is 2. The lowest BCUT2D eigenvalue weighted by Crippen LogP contribution is -2.37. The first-order valence-electron chi connectivity index (χ1n) is 7.75. The molecule has 2 unspecified atom stereocenters. The molecule has 25 heavy (non-hydrogen) atoms. The second kappa shape index (κ2) is 6.01. The van der Waals surface area contributed by atoms with Crippen LogP contribution in [-0.4, -0.2) is 20.8 Å². The molecular weight excluding hydrogens is 343 g/mol. The van der Waals surface area contributed by atoms with Crippen LogP contribution in [0.25, 0.3) is 0 Å². The van der Waals surface area contributed by atoms with E-state index in [1.54, 1.807) is 12.1 Å². The van der Waals surface area contributed by atoms with E-state index in [1.807, 2.05) is 20.8 Å². The Bertz CT molecular complexity index is 862. The molecular formula is C18H19FN2O3S. The molecule has 1 amide bonds. The molecule has 0 fully saturated rings. The van der Waals surface area contributed by atoms with Crippen LogP contribution < -0.4 is 10.0 Å². The van der Waals surface area contributed by atoms with Gasteiger partial charge < -0.3 is 10.4 Å². The highest BCUT2D eigenvalue weighted by molar-refractivity contribution is 7.83. The molecule has 7 heteroatoms. The molecule has 3 rings (SSSR count). The fourth-order valence-electron chi connectivity index (χ4n) is 2.70. The standard InChI is InChI=1S/C18H19FN2O3S/c1-17(2,3)21-25(24)13-7-4-11(5-8-13)18(23)14-10-12(19)6-9-15(14)20-16(18)22/h4-10,21,23H,1-3H3,(H,20,22). The number of amides is 1. The van der Waals surface area contributed by atoms with Crippen molar-refractivity contribution < 1.29 is 18.5 Å². The number of halogens is 1. The Morgan fingerprint density at radius 1 is 1.16 bits per heavy atom. The van der Waals surface area contributed by atoms with Crippen LogP contribution in [0.4, 0.5) is 10.1 Å². The summed E-state index contributed by atoms with van der Waals surface area (Å²) in [6.07, 6.45) is 0. The van der Waals surface area contributed by atoms with Gasteiger partial charge >= 0.3 is 0 Å². The van der Waals surface area contributed by atoms with Crippen LogP contribution in [0.1, 0.15) is 31.9 Å². The summed E-state index contributed by atoms with van der Waals surface area (Å²) in [5.74, 6) is -1.18. The zero-order chi connectivity index (χ0) is 18.4. The van der Waals surface area contributed by atoms with E-state index in [4.69, 9.17) is 0 Å². The van der Waals surface area contributed by atoms with E-state index in [-0.39, 0.29) is 16.7 Å². The van der Waals surface area contributed by atoms with Crippen molar-refractivity contribution in [1.29, 1.82) is 0 Å². The number of hydrogen-bond donors (Lipinski definition) is 3. The maximum absolute atomic E-state index is 13.6. The fraction of sp³-hybridized carbons (Fsp3) is 0.278. The molecule has 132 valence electrons. The maximum Gasteiger partial charge on any atom is 0.265 e. The number of anilines is 1. The van der Waals surface area contributed by atoms with Crippen LogP contribution in [0.3, 0.4) is 0 Å². The first-order valence-corrected chi connectivity index (χ1v) is 8.90. The van der Waals surface area contributed by atoms with Gasteiger partial charge in [0.15, 0.2) is 5.60 Å². The van der Waals surface area contributed by atoms with Crippen molar-refractivity contribution in [2.45, 2.75) is 36.8 Å². The van der Waals surface area contributed by atoms with Gasteiger partial charge in [0, 0.05) is 16.8 Å². The van der Waals surface area contributed by atoms with Crippen LogP contribution in [0.15, 0.2) is 47.4 Å². The molecule has 0 aliphatic carbocycles. The number of hydrogen-bond acceptors (Lipinski definition) is 3. The minimum Gasteiger partial charge on any atom is -0.372 e. The summed E-state index contributed by atoms with van der Waals surface area (Å²) in [5, 5.41) is 13.5. The molecule has 2 aromatic carbocycles. The number of aliphatic hydroxyl groups is 1. The quantitative estimate of drug-likeness (QED) is 0.785. The van der Waals surface area contributed by atoms with Gasteiger partial charge in [0.05, 0.1) is 4.90 Å². The second-order valence-corrected chi connectivity index (χ2v) is 8.21. The van der Waals surface area contributed by atoms with Gasteiger partial charge in [-0.1, -0.05) is 12.1 Å². The van der Waals surface area contributed by atoms with Crippen molar-refractivity contribution >= 4 is 22.6 Å². The van der Waals surface area contributed by atoms with Gasteiger partial charge in [-0.05, 0) is 56.7 Å². The van der Waals surface area contributed by atoms with Crippen molar-refractivity contribution in [3.63, 3.8) is 0 Å². The summed E-state index contributed by atoms with van der Waals surface area (Å²) in [5.41, 5.74) is -1.49. The normalized spacial score (nSPS) is 20.9. The van der Waals surface area contributed by atoms with E-state index in [2.05, 4.69) is 10.0 Å². The molecule has 0 radical (unpaired) electrons. The molecule has 1 aliphatic heterocycles. The van der Waals surface area contributed by atoms with E-state index >= 15 is 0 Å². The lowest BCUT2D eigenvalue weighted by atomic mass is 9.87. The Balaban J connectivity index is 1.97. The molecule has 0 aromatic heterocycles. The third kappa shape index (κ3) is 3.22. The summed E-state index contributed by atoms with van der Waals surface area (Å²) in [6, 6.07) is 9.97. The van der Waals surface area contributed by atoms with Gasteiger partial charge in [0.2, 0.25) is 0 Å². The molecule has 0 saturated heterocycles. The SMILES string of the molecule is CC(C)(C)NS(=O)c1ccc(C2(O)C(=O)Nc3ccc(F)cc32)cc1. The summed E-state index contributed by atoms with van der Waals surface area (Å²) >= 11 is 0. The number of carbonyl (C=O) groups excluding carboxylic acids is 1. The summed E-state index contributed by atoms with van der Waals surface area (Å²) in [6.45, 7) is 5.70. The minimum absolute atomic E-state index is 0.166. The predicted molar refractivity (Wildman–Crippen MR) is 93.8 cm³/mol. The lowest BCUT2D eigenvalue weighted by molar-refractivity contribution is -0.129. The molecule has 2 aromatic rings. The van der Waals surface area contributed by atoms with Gasteiger partial charge in [0.1, 0.15) is 16.8 Å². The number of rotatable bonds is 3. The van der Waals surface area contributed by atoms with Crippen molar-refractivity contribution in [2.24, 2.45) is 0 Å². The number of fused-ring (bicyclic) bond motifs is 1. The highest BCUT2D eigenvalue weighted by Gasteiger charge is 2.47. The monoisotopic (exact) mass is 362 g/mol. The molecule has 1 heterocycles.